The molecule has 0 saturated carbocycles. The van der Waals surface area contributed by atoms with Crippen LogP contribution in [0.5, 0.6) is 5.75 Å². The van der Waals surface area contributed by atoms with Gasteiger partial charge in [-0.05, 0) is 49.9 Å². The third-order valence-corrected chi connectivity index (χ3v) is 5.18. The molecule has 0 saturated heterocycles. The lowest BCUT2D eigenvalue weighted by Gasteiger charge is -2.30. The number of methoxy groups -OCH3 is 1. The van der Waals surface area contributed by atoms with Crippen LogP contribution in [0.4, 0.5) is 0 Å². The molecule has 1 atom stereocenters. The summed E-state index contributed by atoms with van der Waals surface area (Å²) in [6.07, 6.45) is 3.49. The molecule has 1 rings (SSSR count). The van der Waals surface area contributed by atoms with Gasteiger partial charge < -0.3 is 10.1 Å². The van der Waals surface area contributed by atoms with E-state index in [-0.39, 0.29) is 0 Å². The molecule has 0 aliphatic carbocycles. The monoisotopic (exact) mass is 355 g/mol. The molecule has 0 amide bonds. The summed E-state index contributed by atoms with van der Waals surface area (Å²) in [5.41, 5.74) is 3.81. The van der Waals surface area contributed by atoms with E-state index in [9.17, 15) is 0 Å². The summed E-state index contributed by atoms with van der Waals surface area (Å²) in [6, 6.07) is 2.51. The topological polar surface area (TPSA) is 21.3 Å². The van der Waals surface area contributed by atoms with Crippen molar-refractivity contribution in [2.24, 2.45) is 5.92 Å². The third-order valence-electron chi connectivity index (χ3n) is 4.36. The number of ether oxygens (including phenoxy) is 1. The van der Waals surface area contributed by atoms with E-state index in [1.807, 2.05) is 0 Å². The van der Waals surface area contributed by atoms with Gasteiger partial charge in [-0.15, -0.1) is 0 Å². The molecule has 2 nitrogen and oxygen atoms in total. The van der Waals surface area contributed by atoms with Crippen molar-refractivity contribution in [3.63, 3.8) is 0 Å². The Morgan fingerprint density at radius 3 is 2.29 bits per heavy atom. The molecule has 0 aliphatic rings. The zero-order valence-electron chi connectivity index (χ0n) is 14.3. The Morgan fingerprint density at radius 1 is 1.19 bits per heavy atom. The molecule has 0 bridgehead atoms. The first-order valence-electron chi connectivity index (χ1n) is 8.08. The third kappa shape index (κ3) is 4.23. The average molecular weight is 356 g/mol. The summed E-state index contributed by atoms with van der Waals surface area (Å²) in [7, 11) is 1.78. The molecule has 0 fully saturated rings. The molecule has 1 N–H and O–H groups in total. The van der Waals surface area contributed by atoms with Crippen LogP contribution in [0.2, 0.25) is 0 Å². The van der Waals surface area contributed by atoms with Crippen LogP contribution < -0.4 is 10.1 Å². The first-order chi connectivity index (χ1) is 10.0. The number of halogens is 1. The summed E-state index contributed by atoms with van der Waals surface area (Å²) < 4.78 is 6.92. The van der Waals surface area contributed by atoms with Gasteiger partial charge in [-0.1, -0.05) is 49.5 Å². The number of hydrogen-bond donors (Lipinski definition) is 1. The molecule has 0 aromatic heterocycles. The molecule has 0 radical (unpaired) electrons. The fraction of sp³-hybridized carbons (Fsp3) is 0.667. The highest BCUT2D eigenvalue weighted by molar-refractivity contribution is 9.10. The summed E-state index contributed by atoms with van der Waals surface area (Å²) in [4.78, 5) is 0. The first kappa shape index (κ1) is 18.5. The van der Waals surface area contributed by atoms with Crippen molar-refractivity contribution in [2.45, 2.75) is 59.9 Å². The van der Waals surface area contributed by atoms with E-state index in [1.54, 1.807) is 7.11 Å². The highest BCUT2D eigenvalue weighted by Crippen LogP contribution is 2.40. The van der Waals surface area contributed by atoms with Crippen LogP contribution in [0.1, 0.15) is 62.8 Å². The predicted molar refractivity (Wildman–Crippen MR) is 95.3 cm³/mol. The fourth-order valence-electron chi connectivity index (χ4n) is 3.09. The van der Waals surface area contributed by atoms with Gasteiger partial charge in [-0.2, -0.15) is 0 Å². The SMILES string of the molecule is CCCNC(c1c(C)c(Br)cc(C)c1OC)C(CC)CC. The Kier molecular flexibility index (Phi) is 7.75. The molecule has 0 heterocycles. The van der Waals surface area contributed by atoms with E-state index in [1.165, 1.54) is 34.0 Å². The summed E-state index contributed by atoms with van der Waals surface area (Å²) in [5.74, 6) is 1.66. The normalized spacial score (nSPS) is 12.8. The average Bonchev–Trinajstić information content (AvgIpc) is 2.47. The van der Waals surface area contributed by atoms with Gasteiger partial charge in [0.2, 0.25) is 0 Å². The highest BCUT2D eigenvalue weighted by Gasteiger charge is 2.26. The molecule has 0 spiro atoms. The Hall–Kier alpha value is -0.540. The zero-order chi connectivity index (χ0) is 16.0. The van der Waals surface area contributed by atoms with Gasteiger partial charge in [-0.25, -0.2) is 0 Å². The van der Waals surface area contributed by atoms with E-state index in [0.29, 0.717) is 12.0 Å². The van der Waals surface area contributed by atoms with Gasteiger partial charge in [0.15, 0.2) is 0 Å². The lowest BCUT2D eigenvalue weighted by atomic mass is 9.85. The van der Waals surface area contributed by atoms with Crippen molar-refractivity contribution in [3.05, 3.63) is 27.2 Å². The van der Waals surface area contributed by atoms with Crippen LogP contribution in [0.15, 0.2) is 10.5 Å². The number of aryl methyl sites for hydroxylation is 1. The summed E-state index contributed by atoms with van der Waals surface area (Å²) in [5, 5.41) is 3.76. The predicted octanol–water partition coefficient (Wildman–Crippen LogP) is 5.55. The quantitative estimate of drug-likeness (QED) is 0.659. The van der Waals surface area contributed by atoms with E-state index in [2.05, 4.69) is 61.9 Å². The Morgan fingerprint density at radius 2 is 1.81 bits per heavy atom. The summed E-state index contributed by atoms with van der Waals surface area (Å²) >= 11 is 3.71. The van der Waals surface area contributed by atoms with Crippen molar-refractivity contribution >= 4 is 15.9 Å². The maximum absolute atomic E-state index is 5.75. The lowest BCUT2D eigenvalue weighted by Crippen LogP contribution is -2.30. The van der Waals surface area contributed by atoms with Gasteiger partial charge >= 0.3 is 0 Å². The number of benzene rings is 1. The maximum Gasteiger partial charge on any atom is 0.126 e. The van der Waals surface area contributed by atoms with E-state index in [0.717, 1.165) is 18.7 Å². The molecule has 0 aliphatic heterocycles. The molecule has 120 valence electrons. The van der Waals surface area contributed by atoms with E-state index in [4.69, 9.17) is 4.74 Å². The second-order valence-electron chi connectivity index (χ2n) is 5.76. The minimum atomic E-state index is 0.353. The van der Waals surface area contributed by atoms with Gasteiger partial charge in [0.25, 0.3) is 0 Å². The minimum Gasteiger partial charge on any atom is -0.496 e. The van der Waals surface area contributed by atoms with Crippen LogP contribution in [0.3, 0.4) is 0 Å². The van der Waals surface area contributed by atoms with Crippen molar-refractivity contribution in [3.8, 4) is 5.75 Å². The Labute approximate surface area is 138 Å². The molecular formula is C18H30BrNO. The van der Waals surface area contributed by atoms with Crippen LogP contribution in [-0.4, -0.2) is 13.7 Å². The smallest absolute Gasteiger partial charge is 0.126 e. The lowest BCUT2D eigenvalue weighted by molar-refractivity contribution is 0.323. The molecule has 1 aromatic rings. The van der Waals surface area contributed by atoms with Crippen molar-refractivity contribution in [2.75, 3.05) is 13.7 Å². The van der Waals surface area contributed by atoms with Crippen LogP contribution in [-0.2, 0) is 0 Å². The zero-order valence-corrected chi connectivity index (χ0v) is 15.9. The Balaban J connectivity index is 3.40. The van der Waals surface area contributed by atoms with Crippen molar-refractivity contribution in [1.82, 2.24) is 5.32 Å². The largest absolute Gasteiger partial charge is 0.496 e. The number of nitrogens with one attached hydrogen (secondary N) is 1. The highest BCUT2D eigenvalue weighted by atomic mass is 79.9. The van der Waals surface area contributed by atoms with Gasteiger partial charge in [0.1, 0.15) is 5.75 Å². The Bertz CT molecular complexity index is 455. The van der Waals surface area contributed by atoms with E-state index >= 15 is 0 Å². The number of hydrogen-bond acceptors (Lipinski definition) is 2. The molecule has 1 unspecified atom stereocenters. The van der Waals surface area contributed by atoms with Crippen molar-refractivity contribution in [1.29, 1.82) is 0 Å². The van der Waals surface area contributed by atoms with E-state index < -0.39 is 0 Å². The van der Waals surface area contributed by atoms with Crippen LogP contribution in [0, 0.1) is 19.8 Å². The summed E-state index contributed by atoms with van der Waals surface area (Å²) in [6.45, 7) is 12.1. The second kappa shape index (κ2) is 8.79. The van der Waals surface area contributed by atoms with Crippen LogP contribution >= 0.6 is 15.9 Å². The molecule has 3 heteroatoms. The first-order valence-corrected chi connectivity index (χ1v) is 8.87. The van der Waals surface area contributed by atoms with Gasteiger partial charge in [0.05, 0.1) is 7.11 Å². The molecule has 1 aromatic carbocycles. The fourth-order valence-corrected chi connectivity index (χ4v) is 3.64. The molecular weight excluding hydrogens is 326 g/mol. The standard InChI is InChI=1S/C18H30BrNO/c1-7-10-20-17(14(8-2)9-3)16-13(5)15(19)11-12(4)18(16)21-6/h11,14,17,20H,7-10H2,1-6H3. The maximum atomic E-state index is 5.75. The van der Waals surface area contributed by atoms with Crippen molar-refractivity contribution < 1.29 is 4.74 Å². The van der Waals surface area contributed by atoms with Crippen LogP contribution in [0.25, 0.3) is 0 Å². The van der Waals surface area contributed by atoms with Gasteiger partial charge in [-0.3, -0.25) is 0 Å². The second-order valence-corrected chi connectivity index (χ2v) is 6.61. The number of rotatable bonds is 8. The van der Waals surface area contributed by atoms with Gasteiger partial charge in [0, 0.05) is 16.1 Å². The molecule has 21 heavy (non-hydrogen) atoms. The minimum absolute atomic E-state index is 0.353.